The summed E-state index contributed by atoms with van der Waals surface area (Å²) in [5, 5.41) is 2.95. The fourth-order valence-corrected chi connectivity index (χ4v) is 4.11. The van der Waals surface area contributed by atoms with Crippen LogP contribution >= 0.6 is 11.6 Å². The number of hydrogen-bond donors (Lipinski definition) is 1. The number of aryl methyl sites for hydroxylation is 1. The van der Waals surface area contributed by atoms with Gasteiger partial charge in [0.05, 0.1) is 30.3 Å². The number of esters is 1. The molecule has 0 heterocycles. The third-order valence-electron chi connectivity index (χ3n) is 4.09. The first-order valence-electron chi connectivity index (χ1n) is 8.30. The second kappa shape index (κ2) is 8.62. The zero-order chi connectivity index (χ0) is 21.1. The number of sulfonamides is 1. The van der Waals surface area contributed by atoms with Crippen molar-refractivity contribution < 1.29 is 22.7 Å². The Balaban J connectivity index is 2.41. The smallest absolute Gasteiger partial charge is 0.339 e. The van der Waals surface area contributed by atoms with Crippen molar-refractivity contribution in [2.75, 3.05) is 23.0 Å². The average molecular weight is 425 g/mol. The lowest BCUT2D eigenvalue weighted by Crippen LogP contribution is -2.45. The number of hydrogen-bond acceptors (Lipinski definition) is 5. The summed E-state index contributed by atoms with van der Waals surface area (Å²) in [4.78, 5) is 24.7. The number of nitrogens with zero attached hydrogens (tertiary/aromatic N) is 1. The number of ether oxygens (including phenoxy) is 1. The zero-order valence-corrected chi connectivity index (χ0v) is 17.5. The van der Waals surface area contributed by atoms with E-state index in [9.17, 15) is 18.0 Å². The molecule has 0 radical (unpaired) electrons. The molecular weight excluding hydrogens is 404 g/mol. The van der Waals surface area contributed by atoms with E-state index in [1.54, 1.807) is 31.2 Å². The molecule has 28 heavy (non-hydrogen) atoms. The largest absolute Gasteiger partial charge is 0.465 e. The van der Waals surface area contributed by atoms with Gasteiger partial charge in [0, 0.05) is 5.02 Å². The summed E-state index contributed by atoms with van der Waals surface area (Å²) in [7, 11) is -2.57. The van der Waals surface area contributed by atoms with E-state index in [0.29, 0.717) is 16.3 Å². The van der Waals surface area contributed by atoms with E-state index >= 15 is 0 Å². The Morgan fingerprint density at radius 3 is 2.43 bits per heavy atom. The average Bonchev–Trinajstić information content (AvgIpc) is 2.63. The maximum atomic E-state index is 12.8. The maximum absolute atomic E-state index is 12.8. The molecule has 0 saturated carbocycles. The number of carbonyl (C=O) groups is 2. The molecule has 0 aliphatic carbocycles. The van der Waals surface area contributed by atoms with Crippen molar-refractivity contribution in [1.29, 1.82) is 0 Å². The minimum Gasteiger partial charge on any atom is -0.465 e. The van der Waals surface area contributed by atoms with Crippen LogP contribution in [0.15, 0.2) is 42.5 Å². The lowest BCUT2D eigenvalue weighted by Gasteiger charge is -2.29. The van der Waals surface area contributed by atoms with E-state index in [2.05, 4.69) is 5.32 Å². The molecule has 7 nitrogen and oxygen atoms in total. The van der Waals surface area contributed by atoms with E-state index in [1.807, 2.05) is 0 Å². The standard InChI is InChI=1S/C19H21ClN2O5S/c1-12-9-10-14(20)11-17(12)22(28(4,25)26)13(2)18(23)21-16-8-6-5-7-15(16)19(24)27-3/h5-11,13H,1-4H3,(H,21,23)/t13-/m1/s1. The van der Waals surface area contributed by atoms with Crippen molar-refractivity contribution in [3.63, 3.8) is 0 Å². The van der Waals surface area contributed by atoms with Gasteiger partial charge >= 0.3 is 5.97 Å². The minimum atomic E-state index is -3.80. The van der Waals surface area contributed by atoms with E-state index in [-0.39, 0.29) is 11.3 Å². The second-order valence-corrected chi connectivity index (χ2v) is 8.49. The predicted molar refractivity (Wildman–Crippen MR) is 109 cm³/mol. The highest BCUT2D eigenvalue weighted by atomic mass is 35.5. The molecule has 0 aromatic heterocycles. The topological polar surface area (TPSA) is 92.8 Å². The fourth-order valence-electron chi connectivity index (χ4n) is 2.72. The first-order chi connectivity index (χ1) is 13.1. The molecule has 1 atom stereocenters. The van der Waals surface area contributed by atoms with Crippen LogP contribution < -0.4 is 9.62 Å². The Morgan fingerprint density at radius 2 is 1.82 bits per heavy atom. The van der Waals surface area contributed by atoms with Crippen LogP contribution in [-0.2, 0) is 19.6 Å². The molecule has 1 N–H and O–H groups in total. The molecule has 0 spiro atoms. The summed E-state index contributed by atoms with van der Waals surface area (Å²) in [5.74, 6) is -1.23. The Hall–Kier alpha value is -2.58. The van der Waals surface area contributed by atoms with Crippen LogP contribution in [0.5, 0.6) is 0 Å². The van der Waals surface area contributed by atoms with Crippen LogP contribution in [0.1, 0.15) is 22.8 Å². The van der Waals surface area contributed by atoms with Crippen LogP contribution in [-0.4, -0.2) is 39.7 Å². The third kappa shape index (κ3) is 4.82. The molecule has 0 aliphatic rings. The van der Waals surface area contributed by atoms with Gasteiger partial charge < -0.3 is 10.1 Å². The summed E-state index contributed by atoms with van der Waals surface area (Å²) in [5.41, 5.74) is 1.33. The van der Waals surface area contributed by atoms with Gasteiger partial charge in [-0.25, -0.2) is 13.2 Å². The number of amides is 1. The Morgan fingerprint density at radius 1 is 1.18 bits per heavy atom. The number of anilines is 2. The summed E-state index contributed by atoms with van der Waals surface area (Å²) >= 11 is 6.02. The monoisotopic (exact) mass is 424 g/mol. The lowest BCUT2D eigenvalue weighted by molar-refractivity contribution is -0.116. The lowest BCUT2D eigenvalue weighted by atomic mass is 10.1. The summed E-state index contributed by atoms with van der Waals surface area (Å²) in [6.07, 6.45) is 1.01. The second-order valence-electron chi connectivity index (χ2n) is 6.19. The molecule has 2 aromatic carbocycles. The quantitative estimate of drug-likeness (QED) is 0.718. The van der Waals surface area contributed by atoms with Gasteiger partial charge in [-0.1, -0.05) is 29.8 Å². The van der Waals surface area contributed by atoms with E-state index in [4.69, 9.17) is 16.3 Å². The third-order valence-corrected chi connectivity index (χ3v) is 5.55. The summed E-state index contributed by atoms with van der Waals surface area (Å²) in [6.45, 7) is 3.18. The van der Waals surface area contributed by atoms with Gasteiger partial charge in [-0.15, -0.1) is 0 Å². The van der Waals surface area contributed by atoms with Gasteiger partial charge in [-0.3, -0.25) is 9.10 Å². The number of carbonyl (C=O) groups excluding carboxylic acids is 2. The van der Waals surface area contributed by atoms with Gasteiger partial charge in [-0.05, 0) is 43.7 Å². The molecule has 0 bridgehead atoms. The fraction of sp³-hybridized carbons (Fsp3) is 0.263. The highest BCUT2D eigenvalue weighted by molar-refractivity contribution is 7.92. The number of halogens is 1. The zero-order valence-electron chi connectivity index (χ0n) is 15.9. The Labute approximate surface area is 169 Å². The van der Waals surface area contributed by atoms with Crippen molar-refractivity contribution in [3.8, 4) is 0 Å². The SMILES string of the molecule is COC(=O)c1ccccc1NC(=O)[C@@H](C)N(c1cc(Cl)ccc1C)S(C)(=O)=O. The molecule has 2 aromatic rings. The van der Waals surface area contributed by atoms with Gasteiger partial charge in [0.2, 0.25) is 15.9 Å². The number of para-hydroxylation sites is 1. The Bertz CT molecular complexity index is 1010. The van der Waals surface area contributed by atoms with Crippen molar-refractivity contribution in [2.45, 2.75) is 19.9 Å². The number of benzene rings is 2. The van der Waals surface area contributed by atoms with Gasteiger partial charge in [0.1, 0.15) is 6.04 Å². The normalized spacial score (nSPS) is 12.2. The number of nitrogens with one attached hydrogen (secondary N) is 1. The van der Waals surface area contributed by atoms with Crippen LogP contribution in [0.4, 0.5) is 11.4 Å². The van der Waals surface area contributed by atoms with Crippen molar-refractivity contribution in [2.24, 2.45) is 0 Å². The van der Waals surface area contributed by atoms with Crippen LogP contribution in [0, 0.1) is 6.92 Å². The van der Waals surface area contributed by atoms with E-state index in [0.717, 1.165) is 10.6 Å². The van der Waals surface area contributed by atoms with Crippen LogP contribution in [0.3, 0.4) is 0 Å². The molecule has 0 saturated heterocycles. The molecule has 0 aliphatic heterocycles. The number of methoxy groups -OCH3 is 1. The van der Waals surface area contributed by atoms with Gasteiger partial charge in [0.25, 0.3) is 0 Å². The van der Waals surface area contributed by atoms with Crippen LogP contribution in [0.2, 0.25) is 5.02 Å². The van der Waals surface area contributed by atoms with E-state index < -0.39 is 27.9 Å². The molecule has 9 heteroatoms. The number of rotatable bonds is 6. The van der Waals surface area contributed by atoms with Crippen molar-refractivity contribution >= 4 is 44.9 Å². The molecule has 0 fully saturated rings. The first-order valence-corrected chi connectivity index (χ1v) is 10.5. The maximum Gasteiger partial charge on any atom is 0.339 e. The van der Waals surface area contributed by atoms with Gasteiger partial charge in [0.15, 0.2) is 0 Å². The first kappa shape index (κ1) is 21.7. The highest BCUT2D eigenvalue weighted by Crippen LogP contribution is 2.29. The highest BCUT2D eigenvalue weighted by Gasteiger charge is 2.31. The van der Waals surface area contributed by atoms with Crippen molar-refractivity contribution in [3.05, 3.63) is 58.6 Å². The summed E-state index contributed by atoms with van der Waals surface area (Å²) in [6, 6.07) is 10.0. The predicted octanol–water partition coefficient (Wildman–Crippen LogP) is 3.23. The Kier molecular flexibility index (Phi) is 6.69. The minimum absolute atomic E-state index is 0.162. The summed E-state index contributed by atoms with van der Waals surface area (Å²) < 4.78 is 30.6. The van der Waals surface area contributed by atoms with Crippen LogP contribution in [0.25, 0.3) is 0 Å². The van der Waals surface area contributed by atoms with E-state index in [1.165, 1.54) is 32.2 Å². The van der Waals surface area contributed by atoms with Gasteiger partial charge in [-0.2, -0.15) is 0 Å². The molecular formula is C19H21ClN2O5S. The molecule has 0 unspecified atom stereocenters. The van der Waals surface area contributed by atoms with Crippen molar-refractivity contribution in [1.82, 2.24) is 0 Å². The molecule has 2 rings (SSSR count). The molecule has 150 valence electrons. The molecule has 1 amide bonds.